The Balaban J connectivity index is 2.04. The quantitative estimate of drug-likeness (QED) is 0.867. The van der Waals surface area contributed by atoms with E-state index in [0.717, 1.165) is 31.4 Å². The summed E-state index contributed by atoms with van der Waals surface area (Å²) in [6.07, 6.45) is 6.97. The average Bonchev–Trinajstić information content (AvgIpc) is 2.41. The van der Waals surface area contributed by atoms with Crippen LogP contribution in [0, 0.1) is 0 Å². The summed E-state index contributed by atoms with van der Waals surface area (Å²) < 4.78 is 0. The van der Waals surface area contributed by atoms with Gasteiger partial charge in [-0.25, -0.2) is 9.97 Å². The molecule has 5 heteroatoms. The number of carbonyl (C=O) groups excluding carboxylic acids is 1. The highest BCUT2D eigenvalue weighted by Gasteiger charge is 2.22. The summed E-state index contributed by atoms with van der Waals surface area (Å²) in [5.74, 6) is 0.147. The average molecular weight is 262 g/mol. The van der Waals surface area contributed by atoms with Crippen LogP contribution >= 0.6 is 0 Å². The summed E-state index contributed by atoms with van der Waals surface area (Å²) in [5, 5.41) is 3.08. The Hall–Kier alpha value is -1.49. The Morgan fingerprint density at radius 1 is 1.37 bits per heavy atom. The third kappa shape index (κ3) is 3.50. The van der Waals surface area contributed by atoms with Gasteiger partial charge in [-0.3, -0.25) is 4.79 Å². The van der Waals surface area contributed by atoms with Gasteiger partial charge in [0.25, 0.3) is 5.91 Å². The molecule has 0 saturated heterocycles. The SMILES string of the molecule is CC(C)c1ncncc1C(=O)NC1CCC(N)CC1. The highest BCUT2D eigenvalue weighted by Crippen LogP contribution is 2.19. The van der Waals surface area contributed by atoms with Crippen molar-refractivity contribution < 1.29 is 4.79 Å². The summed E-state index contributed by atoms with van der Waals surface area (Å²) in [6, 6.07) is 0.520. The van der Waals surface area contributed by atoms with Crippen LogP contribution in [0.15, 0.2) is 12.5 Å². The maximum atomic E-state index is 12.3. The van der Waals surface area contributed by atoms with E-state index < -0.39 is 0 Å². The molecule has 0 radical (unpaired) electrons. The van der Waals surface area contributed by atoms with Gasteiger partial charge >= 0.3 is 0 Å². The topological polar surface area (TPSA) is 80.9 Å². The number of carbonyl (C=O) groups is 1. The predicted octanol–water partition coefficient (Wildman–Crippen LogP) is 1.60. The Kier molecular flexibility index (Phi) is 4.47. The molecular formula is C14H22N4O. The van der Waals surface area contributed by atoms with Crippen LogP contribution in [0.5, 0.6) is 0 Å². The van der Waals surface area contributed by atoms with Crippen molar-refractivity contribution in [2.24, 2.45) is 5.73 Å². The van der Waals surface area contributed by atoms with Gasteiger partial charge in [-0.05, 0) is 31.6 Å². The van der Waals surface area contributed by atoms with Crippen molar-refractivity contribution in [3.8, 4) is 0 Å². The van der Waals surface area contributed by atoms with Gasteiger partial charge in [-0.1, -0.05) is 13.8 Å². The number of nitrogens with zero attached hydrogens (tertiary/aromatic N) is 2. The smallest absolute Gasteiger partial charge is 0.254 e. The van der Waals surface area contributed by atoms with Gasteiger partial charge < -0.3 is 11.1 Å². The molecule has 5 nitrogen and oxygen atoms in total. The van der Waals surface area contributed by atoms with E-state index >= 15 is 0 Å². The van der Waals surface area contributed by atoms with Crippen LogP contribution in [0.1, 0.15) is 61.5 Å². The molecular weight excluding hydrogens is 240 g/mol. The fourth-order valence-electron chi connectivity index (χ4n) is 2.50. The minimum Gasteiger partial charge on any atom is -0.349 e. The Morgan fingerprint density at radius 2 is 2.05 bits per heavy atom. The summed E-state index contributed by atoms with van der Waals surface area (Å²) in [5.41, 5.74) is 7.27. The van der Waals surface area contributed by atoms with Gasteiger partial charge in [0.1, 0.15) is 6.33 Å². The van der Waals surface area contributed by atoms with Crippen molar-refractivity contribution in [2.75, 3.05) is 0 Å². The van der Waals surface area contributed by atoms with Crippen LogP contribution in [0.2, 0.25) is 0 Å². The fourth-order valence-corrected chi connectivity index (χ4v) is 2.50. The standard InChI is InChI=1S/C14H22N4O/c1-9(2)13-12(7-16-8-17-13)14(19)18-11-5-3-10(15)4-6-11/h7-11H,3-6,15H2,1-2H3,(H,18,19). The first-order chi connectivity index (χ1) is 9.08. The third-order valence-electron chi connectivity index (χ3n) is 3.64. The number of nitrogens with one attached hydrogen (secondary N) is 1. The molecule has 1 saturated carbocycles. The summed E-state index contributed by atoms with van der Waals surface area (Å²) >= 11 is 0. The zero-order valence-corrected chi connectivity index (χ0v) is 11.6. The van der Waals surface area contributed by atoms with Crippen molar-refractivity contribution in [3.63, 3.8) is 0 Å². The lowest BCUT2D eigenvalue weighted by atomic mass is 9.91. The minimum atomic E-state index is -0.0650. The molecule has 1 aromatic rings. The van der Waals surface area contributed by atoms with Gasteiger partial charge in [0.05, 0.1) is 11.3 Å². The van der Waals surface area contributed by atoms with Crippen molar-refractivity contribution in [1.82, 2.24) is 15.3 Å². The second kappa shape index (κ2) is 6.10. The van der Waals surface area contributed by atoms with Gasteiger partial charge in [-0.2, -0.15) is 0 Å². The van der Waals surface area contributed by atoms with E-state index in [4.69, 9.17) is 5.73 Å². The van der Waals surface area contributed by atoms with E-state index in [1.807, 2.05) is 13.8 Å². The molecule has 0 aromatic carbocycles. The van der Waals surface area contributed by atoms with Gasteiger partial charge in [0, 0.05) is 18.3 Å². The van der Waals surface area contributed by atoms with Crippen LogP contribution in [-0.2, 0) is 0 Å². The molecule has 0 aliphatic heterocycles. The Bertz CT molecular complexity index is 439. The van der Waals surface area contributed by atoms with E-state index in [0.29, 0.717) is 11.6 Å². The molecule has 1 fully saturated rings. The highest BCUT2D eigenvalue weighted by atomic mass is 16.1. The van der Waals surface area contributed by atoms with E-state index in [1.54, 1.807) is 6.20 Å². The first kappa shape index (κ1) is 13.9. The summed E-state index contributed by atoms with van der Waals surface area (Å²) in [7, 11) is 0. The highest BCUT2D eigenvalue weighted by molar-refractivity contribution is 5.95. The lowest BCUT2D eigenvalue weighted by Crippen LogP contribution is -2.40. The lowest BCUT2D eigenvalue weighted by Gasteiger charge is -2.27. The van der Waals surface area contributed by atoms with E-state index in [2.05, 4.69) is 15.3 Å². The fraction of sp³-hybridized carbons (Fsp3) is 0.643. The number of aromatic nitrogens is 2. The van der Waals surface area contributed by atoms with Gasteiger partial charge in [0.15, 0.2) is 0 Å². The first-order valence-electron chi connectivity index (χ1n) is 6.94. The predicted molar refractivity (Wildman–Crippen MR) is 73.8 cm³/mol. The number of hydrogen-bond acceptors (Lipinski definition) is 4. The molecule has 0 atom stereocenters. The van der Waals surface area contributed by atoms with Crippen LogP contribution in [0.3, 0.4) is 0 Å². The number of nitrogens with two attached hydrogens (primary N) is 1. The van der Waals surface area contributed by atoms with Gasteiger partial charge in [0.2, 0.25) is 0 Å². The molecule has 0 spiro atoms. The van der Waals surface area contributed by atoms with Crippen LogP contribution in [0.25, 0.3) is 0 Å². The van der Waals surface area contributed by atoms with Crippen molar-refractivity contribution in [3.05, 3.63) is 23.8 Å². The molecule has 3 N–H and O–H groups in total. The van der Waals surface area contributed by atoms with Crippen LogP contribution in [-0.4, -0.2) is 28.0 Å². The molecule has 2 rings (SSSR count). The number of hydrogen-bond donors (Lipinski definition) is 2. The molecule has 1 aromatic heterocycles. The molecule has 1 aliphatic carbocycles. The monoisotopic (exact) mass is 262 g/mol. The zero-order chi connectivity index (χ0) is 13.8. The lowest BCUT2D eigenvalue weighted by molar-refractivity contribution is 0.0923. The molecule has 0 bridgehead atoms. The second-order valence-corrected chi connectivity index (χ2v) is 5.56. The normalized spacial score (nSPS) is 23.4. The maximum absolute atomic E-state index is 12.3. The largest absolute Gasteiger partial charge is 0.349 e. The van der Waals surface area contributed by atoms with E-state index in [1.165, 1.54) is 6.33 Å². The van der Waals surface area contributed by atoms with E-state index in [9.17, 15) is 4.79 Å². The molecule has 1 aliphatic rings. The molecule has 0 unspecified atom stereocenters. The molecule has 104 valence electrons. The zero-order valence-electron chi connectivity index (χ0n) is 11.6. The first-order valence-corrected chi connectivity index (χ1v) is 6.94. The van der Waals surface area contributed by atoms with E-state index in [-0.39, 0.29) is 17.9 Å². The summed E-state index contributed by atoms with van der Waals surface area (Å²) in [4.78, 5) is 20.5. The van der Waals surface area contributed by atoms with Crippen molar-refractivity contribution in [1.29, 1.82) is 0 Å². The third-order valence-corrected chi connectivity index (χ3v) is 3.64. The maximum Gasteiger partial charge on any atom is 0.254 e. The van der Waals surface area contributed by atoms with Gasteiger partial charge in [-0.15, -0.1) is 0 Å². The number of amides is 1. The van der Waals surface area contributed by atoms with Crippen molar-refractivity contribution >= 4 is 5.91 Å². The van der Waals surface area contributed by atoms with Crippen LogP contribution < -0.4 is 11.1 Å². The Labute approximate surface area is 114 Å². The van der Waals surface area contributed by atoms with Crippen molar-refractivity contribution in [2.45, 2.75) is 57.5 Å². The summed E-state index contributed by atoms with van der Waals surface area (Å²) in [6.45, 7) is 4.05. The molecule has 19 heavy (non-hydrogen) atoms. The Morgan fingerprint density at radius 3 is 2.68 bits per heavy atom. The van der Waals surface area contributed by atoms with Crippen LogP contribution in [0.4, 0.5) is 0 Å². The molecule has 1 amide bonds. The number of rotatable bonds is 3. The second-order valence-electron chi connectivity index (χ2n) is 5.56. The molecule has 1 heterocycles. The minimum absolute atomic E-state index is 0.0650.